The van der Waals surface area contributed by atoms with Crippen molar-refractivity contribution in [2.45, 2.75) is 31.7 Å². The average molecular weight is 383 g/mol. The third-order valence-corrected chi connectivity index (χ3v) is 6.80. The summed E-state index contributed by atoms with van der Waals surface area (Å²) >= 11 is 3.30. The Morgan fingerprint density at radius 2 is 2.15 bits per heavy atom. The van der Waals surface area contributed by atoms with Gasteiger partial charge in [-0.05, 0) is 31.4 Å². The van der Waals surface area contributed by atoms with Gasteiger partial charge in [-0.25, -0.2) is 9.97 Å². The number of nitrogens with zero attached hydrogens (tertiary/aromatic N) is 4. The molecule has 1 aliphatic heterocycles. The Morgan fingerprint density at radius 1 is 1.23 bits per heavy atom. The highest BCUT2D eigenvalue weighted by Crippen LogP contribution is 2.35. The highest BCUT2D eigenvalue weighted by atomic mass is 32.1. The van der Waals surface area contributed by atoms with Gasteiger partial charge >= 0.3 is 0 Å². The average Bonchev–Trinajstić information content (AvgIpc) is 3.35. The fraction of sp³-hybridized carbons (Fsp3) is 0.316. The number of thiazole rings is 2. The van der Waals surface area contributed by atoms with Gasteiger partial charge in [0.1, 0.15) is 5.01 Å². The summed E-state index contributed by atoms with van der Waals surface area (Å²) in [4.78, 5) is 25.4. The van der Waals surface area contributed by atoms with E-state index in [1.54, 1.807) is 22.7 Å². The number of likely N-dealkylation sites (tertiary alicyclic amines) is 1. The molecule has 1 saturated heterocycles. The van der Waals surface area contributed by atoms with Gasteiger partial charge in [0.25, 0.3) is 0 Å². The molecule has 0 radical (unpaired) electrons. The number of piperidine rings is 1. The zero-order valence-corrected chi connectivity index (χ0v) is 15.8. The molecule has 5 rings (SSSR count). The summed E-state index contributed by atoms with van der Waals surface area (Å²) in [7, 11) is 0. The van der Waals surface area contributed by atoms with Crippen LogP contribution in [0.2, 0.25) is 0 Å². The molecule has 132 valence electrons. The maximum absolute atomic E-state index is 13.0. The van der Waals surface area contributed by atoms with E-state index in [1.165, 1.54) is 4.70 Å². The minimum absolute atomic E-state index is 0.0948. The molecule has 1 amide bonds. The Hall–Kier alpha value is -2.25. The van der Waals surface area contributed by atoms with E-state index in [0.29, 0.717) is 6.42 Å². The van der Waals surface area contributed by atoms with Gasteiger partial charge in [0.2, 0.25) is 5.91 Å². The smallest absolute Gasteiger partial charge is 0.229 e. The van der Waals surface area contributed by atoms with Gasteiger partial charge < -0.3 is 4.90 Å². The quantitative estimate of drug-likeness (QED) is 0.531. The van der Waals surface area contributed by atoms with Crippen LogP contribution >= 0.6 is 22.7 Å². The number of imidazole rings is 1. The highest BCUT2D eigenvalue weighted by molar-refractivity contribution is 7.18. The summed E-state index contributed by atoms with van der Waals surface area (Å²) in [5.41, 5.74) is 1.87. The zero-order chi connectivity index (χ0) is 17.5. The molecule has 0 spiro atoms. The molecule has 3 aromatic heterocycles. The van der Waals surface area contributed by atoms with Gasteiger partial charge in [0.05, 0.1) is 28.4 Å². The molecule has 1 aliphatic rings. The summed E-state index contributed by atoms with van der Waals surface area (Å²) < 4.78 is 3.17. The third-order valence-electron chi connectivity index (χ3n) is 4.89. The lowest BCUT2D eigenvalue weighted by molar-refractivity contribution is -0.134. The molecular weight excluding hydrogens is 364 g/mol. The van der Waals surface area contributed by atoms with Crippen LogP contribution in [0, 0.1) is 0 Å². The van der Waals surface area contributed by atoms with Crippen molar-refractivity contribution in [3.8, 4) is 0 Å². The van der Waals surface area contributed by atoms with Crippen LogP contribution in [-0.4, -0.2) is 31.7 Å². The molecule has 1 aromatic carbocycles. The van der Waals surface area contributed by atoms with Crippen LogP contribution in [0.1, 0.15) is 36.0 Å². The SMILES string of the molecule is O=C(Cc1cn2ccsc2n1)N1CCCCC1c1nc2ccccc2s1. The van der Waals surface area contributed by atoms with Gasteiger partial charge in [-0.2, -0.15) is 0 Å². The fourth-order valence-electron chi connectivity index (χ4n) is 3.64. The van der Waals surface area contributed by atoms with Gasteiger partial charge in [-0.15, -0.1) is 22.7 Å². The topological polar surface area (TPSA) is 50.5 Å². The van der Waals surface area contributed by atoms with Crippen molar-refractivity contribution >= 4 is 43.8 Å². The van der Waals surface area contributed by atoms with E-state index < -0.39 is 0 Å². The first kappa shape index (κ1) is 16.0. The first-order valence-corrected chi connectivity index (χ1v) is 10.5. The highest BCUT2D eigenvalue weighted by Gasteiger charge is 2.30. The first-order valence-electron chi connectivity index (χ1n) is 8.84. The largest absolute Gasteiger partial charge is 0.333 e. The maximum atomic E-state index is 13.0. The Bertz CT molecular complexity index is 1020. The molecule has 26 heavy (non-hydrogen) atoms. The van der Waals surface area contributed by atoms with Crippen LogP contribution in [0.15, 0.2) is 42.0 Å². The Kier molecular flexibility index (Phi) is 3.98. The number of benzene rings is 1. The second-order valence-electron chi connectivity index (χ2n) is 6.62. The Morgan fingerprint density at radius 3 is 3.04 bits per heavy atom. The number of carbonyl (C=O) groups excluding carboxylic acids is 1. The van der Waals surface area contributed by atoms with Crippen LogP contribution in [0.25, 0.3) is 15.2 Å². The lowest BCUT2D eigenvalue weighted by Gasteiger charge is -2.34. The second kappa shape index (κ2) is 6.48. The van der Waals surface area contributed by atoms with E-state index in [0.717, 1.165) is 47.0 Å². The van der Waals surface area contributed by atoms with Crippen LogP contribution in [0.3, 0.4) is 0 Å². The number of hydrogen-bond acceptors (Lipinski definition) is 5. The minimum atomic E-state index is 0.0948. The number of carbonyl (C=O) groups is 1. The van der Waals surface area contributed by atoms with Crippen molar-refractivity contribution in [3.05, 3.63) is 52.7 Å². The fourth-order valence-corrected chi connectivity index (χ4v) is 5.47. The molecule has 0 aliphatic carbocycles. The lowest BCUT2D eigenvalue weighted by atomic mass is 10.0. The van der Waals surface area contributed by atoms with Crippen molar-refractivity contribution in [2.24, 2.45) is 0 Å². The van der Waals surface area contributed by atoms with Gasteiger partial charge in [0.15, 0.2) is 4.96 Å². The van der Waals surface area contributed by atoms with E-state index in [1.807, 2.05) is 45.3 Å². The molecule has 1 fully saturated rings. The number of para-hydroxylation sites is 1. The predicted molar refractivity (Wildman–Crippen MR) is 105 cm³/mol. The van der Waals surface area contributed by atoms with E-state index in [9.17, 15) is 4.79 Å². The van der Waals surface area contributed by atoms with Crippen LogP contribution in [0.4, 0.5) is 0 Å². The van der Waals surface area contributed by atoms with Crippen molar-refractivity contribution in [3.63, 3.8) is 0 Å². The van der Waals surface area contributed by atoms with E-state index >= 15 is 0 Å². The maximum Gasteiger partial charge on any atom is 0.229 e. The minimum Gasteiger partial charge on any atom is -0.333 e. The zero-order valence-electron chi connectivity index (χ0n) is 14.2. The number of hydrogen-bond donors (Lipinski definition) is 0. The first-order chi connectivity index (χ1) is 12.8. The van der Waals surface area contributed by atoms with Crippen molar-refractivity contribution in [1.29, 1.82) is 0 Å². The van der Waals surface area contributed by atoms with Crippen LogP contribution in [0.5, 0.6) is 0 Å². The summed E-state index contributed by atoms with van der Waals surface area (Å²) in [6.07, 6.45) is 7.49. The summed E-state index contributed by atoms with van der Waals surface area (Å²) in [5, 5.41) is 3.06. The number of fused-ring (bicyclic) bond motifs is 2. The molecule has 1 unspecified atom stereocenters. The van der Waals surface area contributed by atoms with Crippen molar-refractivity contribution in [2.75, 3.05) is 6.54 Å². The van der Waals surface area contributed by atoms with Gasteiger partial charge in [-0.1, -0.05) is 12.1 Å². The molecule has 0 bridgehead atoms. The van der Waals surface area contributed by atoms with E-state index in [2.05, 4.69) is 11.1 Å². The van der Waals surface area contributed by atoms with Crippen LogP contribution < -0.4 is 0 Å². The molecule has 4 aromatic rings. The summed E-state index contributed by atoms with van der Waals surface area (Å²) in [6, 6.07) is 8.29. The summed E-state index contributed by atoms with van der Waals surface area (Å²) in [5.74, 6) is 0.153. The number of amides is 1. The molecule has 0 N–H and O–H groups in total. The standard InChI is InChI=1S/C19H18N4OS2/c24-17(11-13-12-22-9-10-25-19(22)20-13)23-8-4-3-6-15(23)18-21-14-5-1-2-7-16(14)26-18/h1-2,5,7,9-10,12,15H,3-4,6,8,11H2. The second-order valence-corrected chi connectivity index (χ2v) is 8.56. The third kappa shape index (κ3) is 2.81. The van der Waals surface area contributed by atoms with E-state index in [-0.39, 0.29) is 11.9 Å². The Balaban J connectivity index is 1.41. The number of rotatable bonds is 3. The van der Waals surface area contributed by atoms with Gasteiger partial charge in [0, 0.05) is 24.3 Å². The normalized spacial score (nSPS) is 18.0. The van der Waals surface area contributed by atoms with Crippen LogP contribution in [-0.2, 0) is 11.2 Å². The molecule has 4 heterocycles. The van der Waals surface area contributed by atoms with E-state index in [4.69, 9.17) is 4.98 Å². The lowest BCUT2D eigenvalue weighted by Crippen LogP contribution is -2.39. The molecule has 1 atom stereocenters. The Labute approximate surface area is 158 Å². The molecular formula is C19H18N4OS2. The van der Waals surface area contributed by atoms with Crippen molar-refractivity contribution < 1.29 is 4.79 Å². The monoisotopic (exact) mass is 382 g/mol. The van der Waals surface area contributed by atoms with Gasteiger partial charge in [-0.3, -0.25) is 9.20 Å². The van der Waals surface area contributed by atoms with Crippen molar-refractivity contribution in [1.82, 2.24) is 19.3 Å². The predicted octanol–water partition coefficient (Wildman–Crippen LogP) is 4.30. The molecule has 0 saturated carbocycles. The molecule has 5 nitrogen and oxygen atoms in total. The number of aromatic nitrogens is 3. The summed E-state index contributed by atoms with van der Waals surface area (Å²) in [6.45, 7) is 0.807. The molecule has 7 heteroatoms.